The summed E-state index contributed by atoms with van der Waals surface area (Å²) in [7, 11) is 1.49. The quantitative estimate of drug-likeness (QED) is 0.467. The Bertz CT molecular complexity index is 866. The van der Waals surface area contributed by atoms with Crippen LogP contribution in [-0.4, -0.2) is 24.5 Å². The molecule has 0 aromatic rings. The minimum atomic E-state index is -0.208. The predicted molar refractivity (Wildman–Crippen MR) is 110 cm³/mol. The van der Waals surface area contributed by atoms with E-state index >= 15 is 0 Å². The number of carbonyl (C=O) groups is 2. The van der Waals surface area contributed by atoms with Crippen molar-refractivity contribution in [3.63, 3.8) is 0 Å². The first-order valence-electron chi connectivity index (χ1n) is 11.1. The molecular weight excluding hydrogens is 364 g/mol. The lowest BCUT2D eigenvalue weighted by atomic mass is 9.48. The number of allylic oxidation sites excluding steroid dienone is 5. The summed E-state index contributed by atoms with van der Waals surface area (Å²) in [6.45, 7) is 8.77. The number of methoxy groups -OCH3 is 1. The van der Waals surface area contributed by atoms with Gasteiger partial charge in [0.2, 0.25) is 0 Å². The van der Waals surface area contributed by atoms with Crippen molar-refractivity contribution in [3.8, 4) is 0 Å². The number of carbonyl (C=O) groups excluding carboxylic acids is 2. The third kappa shape index (κ3) is 2.38. The molecule has 5 rings (SSSR count). The Hall–Kier alpha value is -1.84. The number of ether oxygens (including phenoxy) is 2. The van der Waals surface area contributed by atoms with E-state index in [2.05, 4.69) is 26.5 Å². The Kier molecular flexibility index (Phi) is 4.02. The Labute approximate surface area is 173 Å². The number of rotatable bonds is 1. The molecule has 0 radical (unpaired) electrons. The van der Waals surface area contributed by atoms with E-state index < -0.39 is 0 Å². The standard InChI is InChI=1S/C25H32O4/c1-15-5-11-25(29-15)12-8-20-21-18(22(27)28-4)14-16-13-17(26)6-9-23(16,2)19(21)7-10-24(20,25)3/h7,13,18,20-21H,1,5-6,8-12,14H2,2-4H3/t18-,20?,21?,23?,24?,25+/m1/s1. The highest BCUT2D eigenvalue weighted by molar-refractivity contribution is 5.92. The molecule has 1 spiro atoms. The highest BCUT2D eigenvalue weighted by atomic mass is 16.5. The van der Waals surface area contributed by atoms with Gasteiger partial charge in [0, 0.05) is 23.7 Å². The first-order chi connectivity index (χ1) is 13.7. The van der Waals surface area contributed by atoms with E-state index in [1.807, 2.05) is 6.08 Å². The van der Waals surface area contributed by atoms with Crippen LogP contribution in [0.4, 0.5) is 0 Å². The topological polar surface area (TPSA) is 52.6 Å². The fourth-order valence-corrected chi connectivity index (χ4v) is 7.63. The lowest BCUT2D eigenvalue weighted by Crippen LogP contribution is -2.53. The Morgan fingerprint density at radius 3 is 2.72 bits per heavy atom. The van der Waals surface area contributed by atoms with E-state index in [-0.39, 0.29) is 40.0 Å². The second-order valence-electron chi connectivity index (χ2n) is 10.4. The van der Waals surface area contributed by atoms with Gasteiger partial charge in [-0.05, 0) is 56.4 Å². The fourth-order valence-electron chi connectivity index (χ4n) is 7.63. The third-order valence-electron chi connectivity index (χ3n) is 9.33. The maximum atomic E-state index is 12.9. The van der Waals surface area contributed by atoms with E-state index in [0.29, 0.717) is 18.8 Å². The van der Waals surface area contributed by atoms with Gasteiger partial charge in [0.1, 0.15) is 5.60 Å². The number of hydrogen-bond donors (Lipinski definition) is 0. The van der Waals surface area contributed by atoms with Crippen LogP contribution in [0, 0.1) is 28.6 Å². The van der Waals surface area contributed by atoms with Crippen LogP contribution in [0.2, 0.25) is 0 Å². The van der Waals surface area contributed by atoms with Crippen LogP contribution >= 0.6 is 0 Å². The summed E-state index contributed by atoms with van der Waals surface area (Å²) in [5.41, 5.74) is 2.29. The van der Waals surface area contributed by atoms with Crippen molar-refractivity contribution in [2.75, 3.05) is 7.11 Å². The van der Waals surface area contributed by atoms with Gasteiger partial charge in [-0.3, -0.25) is 9.59 Å². The van der Waals surface area contributed by atoms with Gasteiger partial charge in [-0.2, -0.15) is 0 Å². The predicted octanol–water partition coefficient (Wildman–Crippen LogP) is 4.90. The zero-order chi connectivity index (χ0) is 20.6. The number of esters is 1. The van der Waals surface area contributed by atoms with Crippen molar-refractivity contribution >= 4 is 11.8 Å². The molecule has 5 aliphatic rings. The van der Waals surface area contributed by atoms with E-state index in [4.69, 9.17) is 9.47 Å². The van der Waals surface area contributed by atoms with Crippen molar-refractivity contribution in [3.05, 3.63) is 35.6 Å². The summed E-state index contributed by atoms with van der Waals surface area (Å²) in [6, 6.07) is 0. The first kappa shape index (κ1) is 19.1. The van der Waals surface area contributed by atoms with E-state index in [9.17, 15) is 9.59 Å². The van der Waals surface area contributed by atoms with Crippen LogP contribution < -0.4 is 0 Å². The van der Waals surface area contributed by atoms with Gasteiger partial charge in [0.05, 0.1) is 18.8 Å². The second-order valence-corrected chi connectivity index (χ2v) is 10.4. The van der Waals surface area contributed by atoms with Gasteiger partial charge >= 0.3 is 5.97 Å². The molecule has 0 amide bonds. The first-order valence-corrected chi connectivity index (χ1v) is 11.1. The maximum Gasteiger partial charge on any atom is 0.309 e. The maximum absolute atomic E-state index is 12.9. The molecule has 0 aromatic heterocycles. The largest absolute Gasteiger partial charge is 0.492 e. The summed E-state index contributed by atoms with van der Waals surface area (Å²) < 4.78 is 11.7. The monoisotopic (exact) mass is 396 g/mol. The van der Waals surface area contributed by atoms with Gasteiger partial charge in [-0.15, -0.1) is 0 Å². The van der Waals surface area contributed by atoms with Crippen LogP contribution in [-0.2, 0) is 19.1 Å². The minimum absolute atomic E-state index is 0.00887. The molecule has 156 valence electrons. The molecule has 6 atom stereocenters. The molecule has 4 heteroatoms. The summed E-state index contributed by atoms with van der Waals surface area (Å²) >= 11 is 0. The highest BCUT2D eigenvalue weighted by Crippen LogP contribution is 2.69. The third-order valence-corrected chi connectivity index (χ3v) is 9.33. The van der Waals surface area contributed by atoms with Gasteiger partial charge < -0.3 is 9.47 Å². The Morgan fingerprint density at radius 1 is 1.24 bits per heavy atom. The molecule has 1 aliphatic heterocycles. The summed E-state index contributed by atoms with van der Waals surface area (Å²) in [4.78, 5) is 25.1. The number of hydrogen-bond acceptors (Lipinski definition) is 4. The van der Waals surface area contributed by atoms with Gasteiger partial charge in [-0.25, -0.2) is 0 Å². The SMILES string of the molecule is C=C1CC[C@@]2(CCC3C4C(=CCC32C)C2(C)CCC(=O)C=C2C[C@H]4C(=O)OC)O1. The van der Waals surface area contributed by atoms with E-state index in [1.165, 1.54) is 12.7 Å². The molecule has 1 heterocycles. The van der Waals surface area contributed by atoms with Crippen LogP contribution in [0.3, 0.4) is 0 Å². The number of ketones is 1. The molecule has 4 nitrogen and oxygen atoms in total. The van der Waals surface area contributed by atoms with E-state index in [1.54, 1.807) is 0 Å². The molecule has 0 N–H and O–H groups in total. The molecule has 4 unspecified atom stereocenters. The Balaban J connectivity index is 1.63. The molecule has 29 heavy (non-hydrogen) atoms. The van der Waals surface area contributed by atoms with Gasteiger partial charge in [-0.1, -0.05) is 37.6 Å². The molecule has 4 aliphatic carbocycles. The Morgan fingerprint density at radius 2 is 2.03 bits per heavy atom. The van der Waals surface area contributed by atoms with E-state index in [0.717, 1.165) is 49.9 Å². The van der Waals surface area contributed by atoms with Crippen molar-refractivity contribution in [2.24, 2.45) is 28.6 Å². The van der Waals surface area contributed by atoms with Crippen LogP contribution in [0.1, 0.15) is 65.2 Å². The zero-order valence-corrected chi connectivity index (χ0v) is 17.9. The lowest BCUT2D eigenvalue weighted by molar-refractivity contribution is -0.151. The summed E-state index contributed by atoms with van der Waals surface area (Å²) in [6.07, 6.45) is 11.4. The smallest absolute Gasteiger partial charge is 0.309 e. The van der Waals surface area contributed by atoms with Crippen molar-refractivity contribution in [2.45, 2.75) is 70.8 Å². The normalized spacial score (nSPS) is 45.7. The average Bonchev–Trinajstić information content (AvgIpc) is 3.22. The number of fused-ring (bicyclic) bond motifs is 6. The molecule has 3 fully saturated rings. The van der Waals surface area contributed by atoms with Crippen LogP contribution in [0.15, 0.2) is 35.6 Å². The van der Waals surface area contributed by atoms with Gasteiger partial charge in [0.25, 0.3) is 0 Å². The zero-order valence-electron chi connectivity index (χ0n) is 17.9. The summed E-state index contributed by atoms with van der Waals surface area (Å²) in [5, 5.41) is 0. The highest BCUT2D eigenvalue weighted by Gasteiger charge is 2.66. The molecular formula is C25H32O4. The minimum Gasteiger partial charge on any atom is -0.492 e. The molecule has 2 saturated carbocycles. The van der Waals surface area contributed by atoms with Crippen LogP contribution in [0.5, 0.6) is 0 Å². The summed E-state index contributed by atoms with van der Waals surface area (Å²) in [5.74, 6) is 1.34. The molecule has 0 aromatic carbocycles. The van der Waals surface area contributed by atoms with Crippen molar-refractivity contribution < 1.29 is 19.1 Å². The fraction of sp³-hybridized carbons (Fsp3) is 0.680. The second kappa shape index (κ2) is 6.09. The van der Waals surface area contributed by atoms with Crippen molar-refractivity contribution in [1.29, 1.82) is 0 Å². The van der Waals surface area contributed by atoms with Crippen molar-refractivity contribution in [1.82, 2.24) is 0 Å². The average molecular weight is 397 g/mol. The molecule has 1 saturated heterocycles. The van der Waals surface area contributed by atoms with Crippen LogP contribution in [0.25, 0.3) is 0 Å². The lowest BCUT2D eigenvalue weighted by Gasteiger charge is -2.56. The molecule has 0 bridgehead atoms. The van der Waals surface area contributed by atoms with Gasteiger partial charge in [0.15, 0.2) is 5.78 Å².